The predicted octanol–water partition coefficient (Wildman–Crippen LogP) is 2.36. The highest BCUT2D eigenvalue weighted by atomic mass is 15.2. The number of benzene rings is 1. The molecule has 0 heterocycles. The molecule has 2 heteroatoms. The average Bonchev–Trinajstić information content (AvgIpc) is 2.15. The standard InChI is InChI=1S/C10H10N2/c1-3-9-4-6-10(7-5-9)8-12-11-2/h3-8H,1-2H2. The van der Waals surface area contributed by atoms with Crippen molar-refractivity contribution >= 4 is 19.0 Å². The van der Waals surface area contributed by atoms with Crippen molar-refractivity contribution < 1.29 is 0 Å². The second-order valence-corrected chi connectivity index (χ2v) is 2.26. The highest BCUT2D eigenvalue weighted by Gasteiger charge is 1.86. The van der Waals surface area contributed by atoms with Crippen molar-refractivity contribution in [2.75, 3.05) is 0 Å². The summed E-state index contributed by atoms with van der Waals surface area (Å²) in [6.07, 6.45) is 3.45. The summed E-state index contributed by atoms with van der Waals surface area (Å²) in [6.45, 7) is 6.91. The normalized spacial score (nSPS) is 10.0. The lowest BCUT2D eigenvalue weighted by Crippen LogP contribution is -1.79. The van der Waals surface area contributed by atoms with Crippen LogP contribution in [0.1, 0.15) is 11.1 Å². The summed E-state index contributed by atoms with van der Waals surface area (Å²) < 4.78 is 0. The van der Waals surface area contributed by atoms with Gasteiger partial charge in [-0.1, -0.05) is 36.9 Å². The number of rotatable bonds is 3. The van der Waals surface area contributed by atoms with Crippen molar-refractivity contribution in [1.29, 1.82) is 0 Å². The summed E-state index contributed by atoms with van der Waals surface area (Å²) in [7, 11) is 0. The smallest absolute Gasteiger partial charge is 0.0567 e. The third-order valence-corrected chi connectivity index (χ3v) is 1.46. The van der Waals surface area contributed by atoms with Gasteiger partial charge in [0, 0.05) is 6.72 Å². The van der Waals surface area contributed by atoms with Gasteiger partial charge in [-0.3, -0.25) is 0 Å². The van der Waals surface area contributed by atoms with Crippen LogP contribution in [0.5, 0.6) is 0 Å². The molecule has 0 fully saturated rings. The minimum Gasteiger partial charge on any atom is -0.167 e. The molecule has 0 amide bonds. The van der Waals surface area contributed by atoms with Crippen LogP contribution < -0.4 is 0 Å². The molecule has 1 aromatic rings. The molecule has 0 aliphatic heterocycles. The van der Waals surface area contributed by atoms with Gasteiger partial charge in [-0.2, -0.15) is 10.2 Å². The molecule has 0 aliphatic rings. The monoisotopic (exact) mass is 158 g/mol. The van der Waals surface area contributed by atoms with Gasteiger partial charge in [0.05, 0.1) is 6.21 Å². The topological polar surface area (TPSA) is 24.7 Å². The summed E-state index contributed by atoms with van der Waals surface area (Å²) in [4.78, 5) is 0. The van der Waals surface area contributed by atoms with Gasteiger partial charge in [0.2, 0.25) is 0 Å². The molecule has 2 nitrogen and oxygen atoms in total. The highest BCUT2D eigenvalue weighted by molar-refractivity contribution is 5.79. The maximum absolute atomic E-state index is 3.66. The molecule has 0 saturated heterocycles. The summed E-state index contributed by atoms with van der Waals surface area (Å²) in [5.74, 6) is 0. The van der Waals surface area contributed by atoms with Crippen LogP contribution in [0.15, 0.2) is 41.0 Å². The zero-order chi connectivity index (χ0) is 8.81. The molecule has 0 unspecified atom stereocenters. The Balaban J connectivity index is 2.84. The molecular formula is C10H10N2. The van der Waals surface area contributed by atoms with Gasteiger partial charge in [-0.25, -0.2) is 0 Å². The minimum absolute atomic E-state index is 1.01. The molecule has 1 aromatic carbocycles. The van der Waals surface area contributed by atoms with Crippen molar-refractivity contribution in [1.82, 2.24) is 0 Å². The lowest BCUT2D eigenvalue weighted by atomic mass is 10.1. The Hall–Kier alpha value is -1.70. The Morgan fingerprint density at radius 2 is 1.67 bits per heavy atom. The molecular weight excluding hydrogens is 148 g/mol. The Kier molecular flexibility index (Phi) is 2.96. The Bertz CT molecular complexity index is 296. The van der Waals surface area contributed by atoms with Gasteiger partial charge in [-0.05, 0) is 11.1 Å². The lowest BCUT2D eigenvalue weighted by molar-refractivity contribution is 1.28. The first kappa shape index (κ1) is 8.40. The zero-order valence-corrected chi connectivity index (χ0v) is 6.77. The van der Waals surface area contributed by atoms with Crippen LogP contribution in [0.3, 0.4) is 0 Å². The maximum Gasteiger partial charge on any atom is 0.0567 e. The first-order valence-corrected chi connectivity index (χ1v) is 3.58. The fourth-order valence-corrected chi connectivity index (χ4v) is 0.826. The van der Waals surface area contributed by atoms with Gasteiger partial charge in [0.25, 0.3) is 0 Å². The summed E-state index contributed by atoms with van der Waals surface area (Å²) in [5, 5.41) is 7.03. The Morgan fingerprint density at radius 1 is 1.08 bits per heavy atom. The highest BCUT2D eigenvalue weighted by Crippen LogP contribution is 2.03. The first-order valence-electron chi connectivity index (χ1n) is 3.58. The molecule has 60 valence electrons. The van der Waals surface area contributed by atoms with Crippen LogP contribution in [0.4, 0.5) is 0 Å². The molecule has 0 radical (unpaired) electrons. The van der Waals surface area contributed by atoms with E-state index in [-0.39, 0.29) is 0 Å². The molecule has 1 rings (SSSR count). The quantitative estimate of drug-likeness (QED) is 0.476. The van der Waals surface area contributed by atoms with Crippen molar-refractivity contribution in [3.05, 3.63) is 42.0 Å². The van der Waals surface area contributed by atoms with Crippen molar-refractivity contribution in [3.63, 3.8) is 0 Å². The van der Waals surface area contributed by atoms with E-state index in [1.807, 2.05) is 24.3 Å². The van der Waals surface area contributed by atoms with Crippen LogP contribution in [0.2, 0.25) is 0 Å². The second-order valence-electron chi connectivity index (χ2n) is 2.26. The molecule has 0 saturated carbocycles. The molecule has 0 aliphatic carbocycles. The zero-order valence-electron chi connectivity index (χ0n) is 6.77. The largest absolute Gasteiger partial charge is 0.167 e. The van der Waals surface area contributed by atoms with E-state index in [4.69, 9.17) is 0 Å². The molecule has 0 aromatic heterocycles. The van der Waals surface area contributed by atoms with E-state index < -0.39 is 0 Å². The van der Waals surface area contributed by atoms with E-state index in [0.717, 1.165) is 11.1 Å². The van der Waals surface area contributed by atoms with Gasteiger partial charge in [0.1, 0.15) is 0 Å². The molecule has 0 bridgehead atoms. The Labute approximate surface area is 72.0 Å². The van der Waals surface area contributed by atoms with E-state index in [0.29, 0.717) is 0 Å². The molecule has 0 N–H and O–H groups in total. The van der Waals surface area contributed by atoms with Crippen molar-refractivity contribution in [3.8, 4) is 0 Å². The van der Waals surface area contributed by atoms with E-state index in [9.17, 15) is 0 Å². The number of hydrogen-bond acceptors (Lipinski definition) is 2. The van der Waals surface area contributed by atoms with Gasteiger partial charge in [0.15, 0.2) is 0 Å². The van der Waals surface area contributed by atoms with Crippen LogP contribution in [0, 0.1) is 0 Å². The van der Waals surface area contributed by atoms with E-state index in [1.54, 1.807) is 12.3 Å². The number of nitrogens with zero attached hydrogens (tertiary/aromatic N) is 2. The fourth-order valence-electron chi connectivity index (χ4n) is 0.826. The predicted molar refractivity (Wildman–Crippen MR) is 53.7 cm³/mol. The SMILES string of the molecule is C=Cc1ccc(C=NN=C)cc1. The van der Waals surface area contributed by atoms with Crippen LogP contribution in [0.25, 0.3) is 6.08 Å². The molecule has 0 atom stereocenters. The molecule has 12 heavy (non-hydrogen) atoms. The first-order chi connectivity index (χ1) is 5.86. The third-order valence-electron chi connectivity index (χ3n) is 1.46. The maximum atomic E-state index is 3.66. The third kappa shape index (κ3) is 2.16. The lowest BCUT2D eigenvalue weighted by Gasteiger charge is -1.92. The fraction of sp³-hybridized carbons (Fsp3) is 0. The van der Waals surface area contributed by atoms with Crippen molar-refractivity contribution in [2.45, 2.75) is 0 Å². The summed E-state index contributed by atoms with van der Waals surface area (Å²) >= 11 is 0. The van der Waals surface area contributed by atoms with E-state index >= 15 is 0 Å². The number of hydrogen-bond donors (Lipinski definition) is 0. The summed E-state index contributed by atoms with van der Waals surface area (Å²) in [6, 6.07) is 7.84. The van der Waals surface area contributed by atoms with Gasteiger partial charge in [-0.15, -0.1) is 0 Å². The second kappa shape index (κ2) is 4.23. The molecule has 0 spiro atoms. The minimum atomic E-state index is 1.01. The Morgan fingerprint density at radius 3 is 2.17 bits per heavy atom. The van der Waals surface area contributed by atoms with Gasteiger partial charge >= 0.3 is 0 Å². The van der Waals surface area contributed by atoms with E-state index in [1.165, 1.54) is 0 Å². The van der Waals surface area contributed by atoms with Crippen LogP contribution in [-0.2, 0) is 0 Å². The van der Waals surface area contributed by atoms with Crippen LogP contribution in [-0.4, -0.2) is 12.9 Å². The van der Waals surface area contributed by atoms with Crippen LogP contribution >= 0.6 is 0 Å². The van der Waals surface area contributed by atoms with E-state index in [2.05, 4.69) is 23.5 Å². The summed E-state index contributed by atoms with van der Waals surface area (Å²) in [5.41, 5.74) is 2.10. The van der Waals surface area contributed by atoms with Gasteiger partial charge < -0.3 is 0 Å². The average molecular weight is 158 g/mol. The van der Waals surface area contributed by atoms with Crippen molar-refractivity contribution in [2.24, 2.45) is 10.2 Å².